The van der Waals surface area contributed by atoms with Crippen LogP contribution in [0.25, 0.3) is 11.0 Å². The van der Waals surface area contributed by atoms with Gasteiger partial charge in [0.1, 0.15) is 18.5 Å². The number of ether oxygens (including phenoxy) is 1. The number of halogens is 1. The standard InChI is InChI=1S/C10H10BrN3O2/c1-2-16-9(15)5-14-4-8(11)7-3-12-6-13-10(7)14/h3-4,6H,2,5H2,1H3. The summed E-state index contributed by atoms with van der Waals surface area (Å²) in [6.45, 7) is 2.32. The predicted octanol–water partition coefficient (Wildman–Crippen LogP) is 1.76. The van der Waals surface area contributed by atoms with Gasteiger partial charge < -0.3 is 9.30 Å². The molecule has 0 unspecified atom stereocenters. The molecule has 5 nitrogen and oxygen atoms in total. The van der Waals surface area contributed by atoms with E-state index in [2.05, 4.69) is 25.9 Å². The molecule has 2 heterocycles. The van der Waals surface area contributed by atoms with Crippen molar-refractivity contribution in [3.63, 3.8) is 0 Å². The number of esters is 1. The fraction of sp³-hybridized carbons (Fsp3) is 0.300. The molecule has 0 spiro atoms. The Labute approximate surface area is 101 Å². The van der Waals surface area contributed by atoms with Gasteiger partial charge in [0, 0.05) is 16.9 Å². The second kappa shape index (κ2) is 4.61. The average Bonchev–Trinajstić information content (AvgIpc) is 2.57. The number of nitrogens with zero attached hydrogens (tertiary/aromatic N) is 3. The summed E-state index contributed by atoms with van der Waals surface area (Å²) in [4.78, 5) is 19.4. The van der Waals surface area contributed by atoms with E-state index >= 15 is 0 Å². The number of rotatable bonds is 3. The minimum absolute atomic E-state index is 0.160. The summed E-state index contributed by atoms with van der Waals surface area (Å²) in [7, 11) is 0. The van der Waals surface area contributed by atoms with Crippen LogP contribution in [0.4, 0.5) is 0 Å². The lowest BCUT2D eigenvalue weighted by Crippen LogP contribution is -2.12. The van der Waals surface area contributed by atoms with Gasteiger partial charge in [0.15, 0.2) is 0 Å². The molecule has 0 fully saturated rings. The van der Waals surface area contributed by atoms with Crippen LogP contribution in [0.2, 0.25) is 0 Å². The Morgan fingerprint density at radius 1 is 1.62 bits per heavy atom. The predicted molar refractivity (Wildman–Crippen MR) is 61.9 cm³/mol. The molecule has 16 heavy (non-hydrogen) atoms. The maximum atomic E-state index is 11.4. The second-order valence-corrected chi connectivity index (χ2v) is 4.02. The molecule has 0 saturated heterocycles. The number of carbonyl (C=O) groups excluding carboxylic acids is 1. The molecule has 2 aromatic rings. The Balaban J connectivity index is 2.34. The highest BCUT2D eigenvalue weighted by Crippen LogP contribution is 2.23. The normalized spacial score (nSPS) is 10.6. The fourth-order valence-corrected chi connectivity index (χ4v) is 1.98. The minimum Gasteiger partial charge on any atom is -0.465 e. The summed E-state index contributed by atoms with van der Waals surface area (Å²) in [5.74, 6) is -0.273. The van der Waals surface area contributed by atoms with E-state index in [1.54, 1.807) is 23.9 Å². The van der Waals surface area contributed by atoms with Crippen molar-refractivity contribution >= 4 is 32.9 Å². The third kappa shape index (κ3) is 2.06. The zero-order valence-electron chi connectivity index (χ0n) is 8.68. The van der Waals surface area contributed by atoms with Crippen molar-refractivity contribution in [2.75, 3.05) is 6.61 Å². The molecule has 0 N–H and O–H groups in total. The number of fused-ring (bicyclic) bond motifs is 1. The first kappa shape index (κ1) is 11.1. The number of aromatic nitrogens is 3. The van der Waals surface area contributed by atoms with Crippen LogP contribution in [0.3, 0.4) is 0 Å². The van der Waals surface area contributed by atoms with E-state index in [0.717, 1.165) is 15.5 Å². The molecule has 0 atom stereocenters. The molecule has 0 aliphatic rings. The van der Waals surface area contributed by atoms with Gasteiger partial charge in [0.25, 0.3) is 0 Å². The van der Waals surface area contributed by atoms with Gasteiger partial charge in [0.2, 0.25) is 0 Å². The molecule has 6 heteroatoms. The summed E-state index contributed by atoms with van der Waals surface area (Å²) in [5, 5.41) is 0.881. The molecule has 0 aromatic carbocycles. The molecule has 0 radical (unpaired) electrons. The molecule has 0 aliphatic carbocycles. The molecule has 2 aromatic heterocycles. The van der Waals surface area contributed by atoms with Crippen molar-refractivity contribution in [1.29, 1.82) is 0 Å². The van der Waals surface area contributed by atoms with Crippen molar-refractivity contribution < 1.29 is 9.53 Å². The maximum Gasteiger partial charge on any atom is 0.325 e. The van der Waals surface area contributed by atoms with Gasteiger partial charge in [-0.25, -0.2) is 9.97 Å². The van der Waals surface area contributed by atoms with E-state index < -0.39 is 0 Å². The van der Waals surface area contributed by atoms with Crippen molar-refractivity contribution in [2.45, 2.75) is 13.5 Å². The molecule has 0 amide bonds. The Morgan fingerprint density at radius 3 is 3.19 bits per heavy atom. The lowest BCUT2D eigenvalue weighted by molar-refractivity contribution is -0.143. The molecule has 0 aliphatic heterocycles. The van der Waals surface area contributed by atoms with E-state index in [0.29, 0.717) is 6.61 Å². The highest BCUT2D eigenvalue weighted by molar-refractivity contribution is 9.10. The number of hydrogen-bond acceptors (Lipinski definition) is 4. The smallest absolute Gasteiger partial charge is 0.325 e. The second-order valence-electron chi connectivity index (χ2n) is 3.17. The summed E-state index contributed by atoms with van der Waals surface area (Å²) in [6.07, 6.45) is 4.96. The monoisotopic (exact) mass is 283 g/mol. The van der Waals surface area contributed by atoms with Crippen LogP contribution in [0.5, 0.6) is 0 Å². The lowest BCUT2D eigenvalue weighted by atomic mass is 10.4. The average molecular weight is 284 g/mol. The van der Waals surface area contributed by atoms with Crippen molar-refractivity contribution in [2.24, 2.45) is 0 Å². The van der Waals surface area contributed by atoms with Crippen LogP contribution in [0.15, 0.2) is 23.2 Å². The summed E-state index contributed by atoms with van der Waals surface area (Å²) < 4.78 is 7.49. The molecule has 84 valence electrons. The first-order valence-corrected chi connectivity index (χ1v) is 5.61. The van der Waals surface area contributed by atoms with Crippen LogP contribution in [-0.2, 0) is 16.1 Å². The Bertz CT molecular complexity index is 524. The third-order valence-corrected chi connectivity index (χ3v) is 2.73. The van der Waals surface area contributed by atoms with Gasteiger partial charge in [-0.3, -0.25) is 4.79 Å². The Hall–Kier alpha value is -1.43. The first-order valence-electron chi connectivity index (χ1n) is 4.82. The van der Waals surface area contributed by atoms with Crippen LogP contribution >= 0.6 is 15.9 Å². The largest absolute Gasteiger partial charge is 0.465 e. The van der Waals surface area contributed by atoms with Gasteiger partial charge in [-0.05, 0) is 22.9 Å². The van der Waals surface area contributed by atoms with E-state index in [9.17, 15) is 4.79 Å². The quantitative estimate of drug-likeness (QED) is 0.806. The molecule has 0 saturated carbocycles. The molecule has 0 bridgehead atoms. The van der Waals surface area contributed by atoms with Gasteiger partial charge in [-0.1, -0.05) is 0 Å². The summed E-state index contributed by atoms with van der Waals surface area (Å²) >= 11 is 3.39. The number of carbonyl (C=O) groups is 1. The van der Waals surface area contributed by atoms with Gasteiger partial charge in [-0.15, -0.1) is 0 Å². The van der Waals surface area contributed by atoms with Crippen LogP contribution in [0.1, 0.15) is 6.92 Å². The van der Waals surface area contributed by atoms with Gasteiger partial charge in [0.05, 0.1) is 12.0 Å². The highest BCUT2D eigenvalue weighted by atomic mass is 79.9. The molecular formula is C10H10BrN3O2. The van der Waals surface area contributed by atoms with E-state index in [4.69, 9.17) is 4.74 Å². The van der Waals surface area contributed by atoms with Crippen molar-refractivity contribution in [3.8, 4) is 0 Å². The number of hydrogen-bond donors (Lipinski definition) is 0. The first-order chi connectivity index (χ1) is 7.72. The summed E-state index contributed by atoms with van der Waals surface area (Å²) in [5.41, 5.74) is 0.718. The van der Waals surface area contributed by atoms with E-state index in [-0.39, 0.29) is 12.5 Å². The van der Waals surface area contributed by atoms with Gasteiger partial charge in [-0.2, -0.15) is 0 Å². The minimum atomic E-state index is -0.273. The zero-order valence-corrected chi connectivity index (χ0v) is 10.3. The van der Waals surface area contributed by atoms with Crippen molar-refractivity contribution in [3.05, 3.63) is 23.2 Å². The lowest BCUT2D eigenvalue weighted by Gasteiger charge is -2.03. The Kier molecular flexibility index (Phi) is 3.19. The Morgan fingerprint density at radius 2 is 2.44 bits per heavy atom. The topological polar surface area (TPSA) is 57.0 Å². The van der Waals surface area contributed by atoms with Crippen LogP contribution in [0, 0.1) is 0 Å². The SMILES string of the molecule is CCOC(=O)Cn1cc(Br)c2cncnc21. The van der Waals surface area contributed by atoms with Crippen LogP contribution < -0.4 is 0 Å². The van der Waals surface area contributed by atoms with Crippen molar-refractivity contribution in [1.82, 2.24) is 14.5 Å². The van der Waals surface area contributed by atoms with E-state index in [1.165, 1.54) is 6.33 Å². The summed E-state index contributed by atoms with van der Waals surface area (Å²) in [6, 6.07) is 0. The zero-order chi connectivity index (χ0) is 11.5. The maximum absolute atomic E-state index is 11.4. The molecular weight excluding hydrogens is 274 g/mol. The highest BCUT2D eigenvalue weighted by Gasteiger charge is 2.10. The molecule has 2 rings (SSSR count). The fourth-order valence-electron chi connectivity index (χ4n) is 1.45. The van der Waals surface area contributed by atoms with Crippen LogP contribution in [-0.4, -0.2) is 27.1 Å². The third-order valence-electron chi connectivity index (χ3n) is 2.09. The van der Waals surface area contributed by atoms with Gasteiger partial charge >= 0.3 is 5.97 Å². The van der Waals surface area contributed by atoms with E-state index in [1.807, 2.05) is 0 Å².